The highest BCUT2D eigenvalue weighted by Crippen LogP contribution is 2.26. The third-order valence-corrected chi connectivity index (χ3v) is 9.27. The zero-order chi connectivity index (χ0) is 21.7. The lowest BCUT2D eigenvalue weighted by atomic mass is 10.3. The van der Waals surface area contributed by atoms with Gasteiger partial charge in [0, 0.05) is 39.4 Å². The molecule has 0 aliphatic carbocycles. The molecular weight excluding hydrogens is 452 g/mol. The monoisotopic (exact) mass is 470 g/mol. The van der Waals surface area contributed by atoms with Crippen LogP contribution < -0.4 is 5.73 Å². The minimum Gasteiger partial charge on any atom is -0.364 e. The standard InChI is InChI=1S/C16H18N6O5S3/c1-20-10-11(9-13(20)16(17)23)29(24,25)21-5-7-22(8-6-21)30(26,27)14-4-2-3-12-15(14)19-28-18-12/h2-4,9-10H,5-8H2,1H3,(H2,17,23). The van der Waals surface area contributed by atoms with E-state index in [-0.39, 0.29) is 41.7 Å². The minimum absolute atomic E-state index is 0.00890. The van der Waals surface area contributed by atoms with Gasteiger partial charge >= 0.3 is 0 Å². The molecule has 2 N–H and O–H groups in total. The van der Waals surface area contributed by atoms with Crippen LogP contribution in [0.4, 0.5) is 0 Å². The van der Waals surface area contributed by atoms with Crippen LogP contribution in [0, 0.1) is 0 Å². The van der Waals surface area contributed by atoms with Gasteiger partial charge in [-0.3, -0.25) is 4.79 Å². The van der Waals surface area contributed by atoms with Crippen LogP contribution in [-0.4, -0.2) is 70.8 Å². The lowest BCUT2D eigenvalue weighted by Gasteiger charge is -2.33. The molecule has 11 nitrogen and oxygen atoms in total. The summed E-state index contributed by atoms with van der Waals surface area (Å²) in [6.45, 7) is -0.0582. The Bertz CT molecular complexity index is 1340. The fourth-order valence-corrected chi connectivity index (χ4v) is 7.02. The summed E-state index contributed by atoms with van der Waals surface area (Å²) < 4.78 is 63.9. The average Bonchev–Trinajstić information content (AvgIpc) is 3.34. The van der Waals surface area contributed by atoms with Crippen LogP contribution in [-0.2, 0) is 27.1 Å². The first-order valence-electron chi connectivity index (χ1n) is 8.80. The number of aromatic nitrogens is 3. The van der Waals surface area contributed by atoms with Crippen LogP contribution in [0.3, 0.4) is 0 Å². The Balaban J connectivity index is 1.55. The van der Waals surface area contributed by atoms with Crippen molar-refractivity contribution in [3.05, 3.63) is 36.2 Å². The number of piperazine rings is 1. The van der Waals surface area contributed by atoms with Crippen molar-refractivity contribution < 1.29 is 21.6 Å². The van der Waals surface area contributed by atoms with Crippen molar-refractivity contribution >= 4 is 48.7 Å². The Labute approximate surface area is 177 Å². The molecule has 1 amide bonds. The molecule has 1 saturated heterocycles. The van der Waals surface area contributed by atoms with Crippen molar-refractivity contribution in [1.29, 1.82) is 0 Å². The Morgan fingerprint density at radius 2 is 1.67 bits per heavy atom. The second kappa shape index (κ2) is 7.39. The second-order valence-corrected chi connectivity index (χ2v) is 11.1. The summed E-state index contributed by atoms with van der Waals surface area (Å²) in [5.41, 5.74) is 6.12. The van der Waals surface area contributed by atoms with E-state index >= 15 is 0 Å². The molecule has 1 aromatic carbocycles. The van der Waals surface area contributed by atoms with Gasteiger partial charge in [-0.2, -0.15) is 17.4 Å². The first-order valence-corrected chi connectivity index (χ1v) is 12.4. The molecule has 1 aliphatic rings. The molecule has 1 fully saturated rings. The van der Waals surface area contributed by atoms with Gasteiger partial charge in [0.15, 0.2) is 0 Å². The molecule has 2 aromatic heterocycles. The van der Waals surface area contributed by atoms with E-state index in [0.29, 0.717) is 11.0 Å². The number of hydrogen-bond donors (Lipinski definition) is 1. The van der Waals surface area contributed by atoms with Crippen molar-refractivity contribution in [2.45, 2.75) is 9.79 Å². The smallest absolute Gasteiger partial charge is 0.265 e. The van der Waals surface area contributed by atoms with Gasteiger partial charge in [-0.1, -0.05) is 6.07 Å². The number of rotatable bonds is 5. The Hall–Kier alpha value is -2.39. The van der Waals surface area contributed by atoms with Crippen LogP contribution in [0.5, 0.6) is 0 Å². The van der Waals surface area contributed by atoms with Crippen LogP contribution in [0.2, 0.25) is 0 Å². The predicted octanol–water partition coefficient (Wildman–Crippen LogP) is -0.176. The Kier molecular flexibility index (Phi) is 5.14. The maximum absolute atomic E-state index is 13.1. The molecule has 0 unspecified atom stereocenters. The van der Waals surface area contributed by atoms with Gasteiger partial charge in [-0.25, -0.2) is 16.8 Å². The molecule has 30 heavy (non-hydrogen) atoms. The van der Waals surface area contributed by atoms with Gasteiger partial charge in [0.1, 0.15) is 26.5 Å². The molecule has 0 spiro atoms. The topological polar surface area (TPSA) is 149 Å². The van der Waals surface area contributed by atoms with Gasteiger partial charge in [0.25, 0.3) is 5.91 Å². The number of carbonyl (C=O) groups excluding carboxylic acids is 1. The number of nitrogens with zero attached hydrogens (tertiary/aromatic N) is 5. The van der Waals surface area contributed by atoms with E-state index in [9.17, 15) is 21.6 Å². The molecule has 160 valence electrons. The van der Waals surface area contributed by atoms with Gasteiger partial charge in [0.05, 0.1) is 11.7 Å². The van der Waals surface area contributed by atoms with E-state index in [2.05, 4.69) is 8.75 Å². The van der Waals surface area contributed by atoms with Gasteiger partial charge in [-0.05, 0) is 18.2 Å². The first-order chi connectivity index (χ1) is 14.1. The third-order valence-electron chi connectivity index (χ3n) is 4.93. The molecule has 0 atom stereocenters. The quantitative estimate of drug-likeness (QED) is 0.544. The lowest BCUT2D eigenvalue weighted by molar-refractivity contribution is 0.0992. The molecule has 14 heteroatoms. The van der Waals surface area contributed by atoms with Crippen LogP contribution >= 0.6 is 11.7 Å². The van der Waals surface area contributed by atoms with Crippen LogP contribution in [0.1, 0.15) is 10.5 Å². The molecule has 0 bridgehead atoms. The van der Waals surface area contributed by atoms with Crippen molar-refractivity contribution in [2.24, 2.45) is 12.8 Å². The zero-order valence-electron chi connectivity index (χ0n) is 15.8. The average molecular weight is 471 g/mol. The molecule has 0 saturated carbocycles. The number of benzene rings is 1. The number of sulfonamides is 2. The third kappa shape index (κ3) is 3.39. The van der Waals surface area contributed by atoms with E-state index in [1.54, 1.807) is 12.1 Å². The highest BCUT2D eigenvalue weighted by atomic mass is 32.2. The molecule has 1 aliphatic heterocycles. The summed E-state index contributed by atoms with van der Waals surface area (Å²) in [6, 6.07) is 5.97. The summed E-state index contributed by atoms with van der Waals surface area (Å²) in [6.07, 6.45) is 1.31. The van der Waals surface area contributed by atoms with E-state index in [4.69, 9.17) is 5.73 Å². The number of aryl methyl sites for hydroxylation is 1. The maximum Gasteiger partial charge on any atom is 0.265 e. The number of amides is 1. The molecule has 0 radical (unpaired) electrons. The summed E-state index contributed by atoms with van der Waals surface area (Å²) in [4.78, 5) is 11.4. The molecule has 3 heterocycles. The summed E-state index contributed by atoms with van der Waals surface area (Å²) >= 11 is 0.931. The highest BCUT2D eigenvalue weighted by molar-refractivity contribution is 7.89. The number of carbonyl (C=O) groups is 1. The number of hydrogen-bond acceptors (Lipinski definition) is 8. The number of primary amides is 1. The van der Waals surface area contributed by atoms with Crippen molar-refractivity contribution in [2.75, 3.05) is 26.2 Å². The SMILES string of the molecule is Cn1cc(S(=O)(=O)N2CCN(S(=O)(=O)c3cccc4nsnc34)CC2)cc1C(N)=O. The summed E-state index contributed by atoms with van der Waals surface area (Å²) in [7, 11) is -6.22. The van der Waals surface area contributed by atoms with Gasteiger partial charge in [-0.15, -0.1) is 0 Å². The normalized spacial score (nSPS) is 16.8. The minimum atomic E-state index is -3.89. The fourth-order valence-electron chi connectivity index (χ4n) is 3.35. The van der Waals surface area contributed by atoms with E-state index in [1.807, 2.05) is 0 Å². The number of fused-ring (bicyclic) bond motifs is 1. The Morgan fingerprint density at radius 3 is 2.27 bits per heavy atom. The lowest BCUT2D eigenvalue weighted by Crippen LogP contribution is -2.50. The summed E-state index contributed by atoms with van der Waals surface area (Å²) in [5.74, 6) is -0.736. The molecule has 4 rings (SSSR count). The van der Waals surface area contributed by atoms with Crippen LogP contribution in [0.15, 0.2) is 40.3 Å². The molecular formula is C16H18N6O5S3. The fraction of sp³-hybridized carbons (Fsp3) is 0.312. The van der Waals surface area contributed by atoms with Crippen LogP contribution in [0.25, 0.3) is 11.0 Å². The molecule has 3 aromatic rings. The van der Waals surface area contributed by atoms with Crippen molar-refractivity contribution in [3.63, 3.8) is 0 Å². The maximum atomic E-state index is 13.1. The van der Waals surface area contributed by atoms with Gasteiger partial charge in [0.2, 0.25) is 20.0 Å². The van der Waals surface area contributed by atoms with Crippen molar-refractivity contribution in [3.8, 4) is 0 Å². The van der Waals surface area contributed by atoms with E-state index in [0.717, 1.165) is 11.7 Å². The number of nitrogens with two attached hydrogens (primary N) is 1. The highest BCUT2D eigenvalue weighted by Gasteiger charge is 2.35. The predicted molar refractivity (Wildman–Crippen MR) is 109 cm³/mol. The Morgan fingerprint density at radius 1 is 1.03 bits per heavy atom. The largest absolute Gasteiger partial charge is 0.364 e. The van der Waals surface area contributed by atoms with Crippen molar-refractivity contribution in [1.82, 2.24) is 21.9 Å². The van der Waals surface area contributed by atoms with E-state index < -0.39 is 26.0 Å². The summed E-state index contributed by atoms with van der Waals surface area (Å²) in [5, 5.41) is 0. The van der Waals surface area contributed by atoms with Gasteiger partial charge < -0.3 is 10.3 Å². The van der Waals surface area contributed by atoms with E-state index in [1.165, 1.54) is 38.6 Å². The second-order valence-electron chi connectivity index (χ2n) is 6.73. The zero-order valence-corrected chi connectivity index (χ0v) is 18.2. The first kappa shape index (κ1) is 20.9.